The number of hydrogen-bond donors (Lipinski definition) is 1. The quantitative estimate of drug-likeness (QED) is 0.221. The van der Waals surface area contributed by atoms with E-state index < -0.39 is 28.5 Å². The second-order valence-electron chi connectivity index (χ2n) is 9.37. The number of hydrogen-bond acceptors (Lipinski definition) is 4. The molecule has 0 saturated carbocycles. The smallest absolute Gasteiger partial charge is 0.264 e. The predicted octanol–water partition coefficient (Wildman–Crippen LogP) is 6.59. The molecule has 0 bridgehead atoms. The number of halogens is 3. The van der Waals surface area contributed by atoms with E-state index in [2.05, 4.69) is 21.2 Å². The lowest BCUT2D eigenvalue weighted by Gasteiger charge is -2.32. The molecule has 1 atom stereocenters. The second-order valence-corrected chi connectivity index (χ2v) is 12.9. The molecule has 3 aromatic carbocycles. The van der Waals surface area contributed by atoms with Crippen LogP contribution in [0.25, 0.3) is 0 Å². The van der Waals surface area contributed by atoms with Crippen molar-refractivity contribution in [1.29, 1.82) is 0 Å². The van der Waals surface area contributed by atoms with E-state index in [1.54, 1.807) is 25.1 Å². The fourth-order valence-electron chi connectivity index (χ4n) is 3.94. The number of amides is 2. The van der Waals surface area contributed by atoms with E-state index in [4.69, 9.17) is 23.2 Å². The van der Waals surface area contributed by atoms with Crippen LogP contribution in [0.1, 0.15) is 37.8 Å². The Labute approximate surface area is 254 Å². The zero-order chi connectivity index (χ0) is 29.4. The maximum atomic E-state index is 14.0. The Kier molecular flexibility index (Phi) is 11.5. The van der Waals surface area contributed by atoms with Crippen molar-refractivity contribution in [3.05, 3.63) is 92.4 Å². The largest absolute Gasteiger partial charge is 0.354 e. The Morgan fingerprint density at radius 1 is 1.00 bits per heavy atom. The molecule has 0 aliphatic carbocycles. The number of aryl methyl sites for hydroxylation is 1. The zero-order valence-electron chi connectivity index (χ0n) is 22.5. The third kappa shape index (κ3) is 8.00. The highest BCUT2D eigenvalue weighted by Crippen LogP contribution is 2.35. The SMILES string of the molecule is CCCCNC(=O)[C@@H](C)N(Cc1ccc(Br)cc1)C(=O)CN(c1cccc(Cl)c1Cl)S(=O)(=O)c1ccc(C)cc1. The van der Waals surface area contributed by atoms with E-state index in [1.807, 2.05) is 38.1 Å². The van der Waals surface area contributed by atoms with Gasteiger partial charge in [0.2, 0.25) is 11.8 Å². The van der Waals surface area contributed by atoms with Crippen LogP contribution in [0, 0.1) is 6.92 Å². The molecule has 0 aliphatic heterocycles. The maximum absolute atomic E-state index is 14.0. The van der Waals surface area contributed by atoms with Gasteiger partial charge >= 0.3 is 0 Å². The van der Waals surface area contributed by atoms with Crippen molar-refractivity contribution >= 4 is 66.7 Å². The lowest BCUT2D eigenvalue weighted by molar-refractivity contribution is -0.139. The molecule has 0 heterocycles. The number of rotatable bonds is 12. The minimum absolute atomic E-state index is 0.00234. The molecule has 3 aromatic rings. The van der Waals surface area contributed by atoms with E-state index in [-0.39, 0.29) is 33.1 Å². The van der Waals surface area contributed by atoms with Gasteiger partial charge in [-0.05, 0) is 62.2 Å². The molecular formula is C29H32BrCl2N3O4S. The van der Waals surface area contributed by atoms with Crippen LogP contribution in [0.4, 0.5) is 5.69 Å². The minimum atomic E-state index is -4.24. The van der Waals surface area contributed by atoms with E-state index in [0.717, 1.165) is 32.7 Å². The topological polar surface area (TPSA) is 86.8 Å². The summed E-state index contributed by atoms with van der Waals surface area (Å²) in [4.78, 5) is 28.4. The van der Waals surface area contributed by atoms with Crippen LogP contribution in [0.15, 0.2) is 76.1 Å². The summed E-state index contributed by atoms with van der Waals surface area (Å²) < 4.78 is 29.6. The molecule has 3 rings (SSSR count). The van der Waals surface area contributed by atoms with E-state index >= 15 is 0 Å². The van der Waals surface area contributed by atoms with Crippen molar-refractivity contribution in [1.82, 2.24) is 10.2 Å². The molecule has 1 N–H and O–H groups in total. The summed E-state index contributed by atoms with van der Waals surface area (Å²) in [5.74, 6) is -0.902. The van der Waals surface area contributed by atoms with Gasteiger partial charge in [-0.2, -0.15) is 0 Å². The first-order valence-electron chi connectivity index (χ1n) is 12.8. The number of carbonyl (C=O) groups excluding carboxylic acids is 2. The van der Waals surface area contributed by atoms with Crippen molar-refractivity contribution in [3.63, 3.8) is 0 Å². The number of unbranched alkanes of at least 4 members (excludes halogenated alkanes) is 1. The van der Waals surface area contributed by atoms with Crippen molar-refractivity contribution in [2.45, 2.75) is 51.1 Å². The summed E-state index contributed by atoms with van der Waals surface area (Å²) in [5, 5.41) is 3.01. The van der Waals surface area contributed by atoms with Crippen molar-refractivity contribution in [2.75, 3.05) is 17.4 Å². The molecule has 7 nitrogen and oxygen atoms in total. The average Bonchev–Trinajstić information content (AvgIpc) is 2.93. The summed E-state index contributed by atoms with van der Waals surface area (Å²) in [7, 11) is -4.24. The predicted molar refractivity (Wildman–Crippen MR) is 164 cm³/mol. The van der Waals surface area contributed by atoms with Gasteiger partial charge < -0.3 is 10.2 Å². The molecule has 0 radical (unpaired) electrons. The number of sulfonamides is 1. The minimum Gasteiger partial charge on any atom is -0.354 e. The summed E-state index contributed by atoms with van der Waals surface area (Å²) in [6.45, 7) is 5.46. The van der Waals surface area contributed by atoms with Gasteiger partial charge in [0.1, 0.15) is 12.6 Å². The molecule has 2 amide bonds. The van der Waals surface area contributed by atoms with Gasteiger partial charge in [0, 0.05) is 17.6 Å². The van der Waals surface area contributed by atoms with Gasteiger partial charge in [-0.3, -0.25) is 13.9 Å². The van der Waals surface area contributed by atoms with E-state index in [0.29, 0.717) is 6.54 Å². The molecule has 40 heavy (non-hydrogen) atoms. The Hall–Kier alpha value is -2.59. The molecule has 0 unspecified atom stereocenters. The Balaban J connectivity index is 2.04. The monoisotopic (exact) mass is 667 g/mol. The summed E-state index contributed by atoms with van der Waals surface area (Å²) >= 11 is 16.1. The van der Waals surface area contributed by atoms with Gasteiger partial charge in [0.15, 0.2) is 0 Å². The van der Waals surface area contributed by atoms with Crippen molar-refractivity contribution in [3.8, 4) is 0 Å². The summed E-state index contributed by atoms with van der Waals surface area (Å²) in [5.41, 5.74) is 1.72. The average molecular weight is 669 g/mol. The molecular weight excluding hydrogens is 637 g/mol. The van der Waals surface area contributed by atoms with Crippen molar-refractivity contribution < 1.29 is 18.0 Å². The van der Waals surface area contributed by atoms with Crippen LogP contribution >= 0.6 is 39.1 Å². The number of nitrogens with one attached hydrogen (secondary N) is 1. The first kappa shape index (κ1) is 31.9. The Morgan fingerprint density at radius 3 is 2.27 bits per heavy atom. The van der Waals surface area contributed by atoms with Gasteiger partial charge in [-0.15, -0.1) is 0 Å². The van der Waals surface area contributed by atoms with Gasteiger partial charge in [-0.25, -0.2) is 8.42 Å². The first-order chi connectivity index (χ1) is 18.9. The molecule has 0 aromatic heterocycles. The molecule has 11 heteroatoms. The van der Waals surface area contributed by atoms with Crippen LogP contribution < -0.4 is 9.62 Å². The van der Waals surface area contributed by atoms with Crippen LogP contribution in [-0.4, -0.2) is 44.3 Å². The Bertz CT molecular complexity index is 1430. The number of carbonyl (C=O) groups is 2. The number of benzene rings is 3. The summed E-state index contributed by atoms with van der Waals surface area (Å²) in [6.07, 6.45) is 1.71. The summed E-state index contributed by atoms with van der Waals surface area (Å²) in [6, 6.07) is 17.4. The molecule has 0 fully saturated rings. The molecule has 0 spiro atoms. The number of nitrogens with zero attached hydrogens (tertiary/aromatic N) is 2. The van der Waals surface area contributed by atoms with Crippen LogP contribution in [0.2, 0.25) is 10.0 Å². The second kappa shape index (κ2) is 14.3. The normalized spacial score (nSPS) is 12.1. The highest BCUT2D eigenvalue weighted by atomic mass is 79.9. The van der Waals surface area contributed by atoms with Gasteiger partial charge in [0.05, 0.1) is 20.6 Å². The number of anilines is 1. The Morgan fingerprint density at radius 2 is 1.65 bits per heavy atom. The van der Waals surface area contributed by atoms with E-state index in [9.17, 15) is 18.0 Å². The lowest BCUT2D eigenvalue weighted by Crippen LogP contribution is -2.51. The molecule has 214 valence electrons. The third-order valence-corrected chi connectivity index (χ3v) is 9.46. The van der Waals surface area contributed by atoms with Gasteiger partial charge in [0.25, 0.3) is 10.0 Å². The van der Waals surface area contributed by atoms with E-state index in [1.165, 1.54) is 29.2 Å². The third-order valence-electron chi connectivity index (χ3n) is 6.35. The highest BCUT2D eigenvalue weighted by Gasteiger charge is 2.33. The fourth-order valence-corrected chi connectivity index (χ4v) is 6.08. The van der Waals surface area contributed by atoms with Crippen LogP contribution in [-0.2, 0) is 26.2 Å². The highest BCUT2D eigenvalue weighted by molar-refractivity contribution is 9.10. The zero-order valence-corrected chi connectivity index (χ0v) is 26.4. The maximum Gasteiger partial charge on any atom is 0.264 e. The van der Waals surface area contributed by atoms with Gasteiger partial charge in [-0.1, -0.05) is 88.4 Å². The van der Waals surface area contributed by atoms with Crippen LogP contribution in [0.5, 0.6) is 0 Å². The molecule has 0 saturated heterocycles. The lowest BCUT2D eigenvalue weighted by atomic mass is 10.1. The fraction of sp³-hybridized carbons (Fsp3) is 0.310. The first-order valence-corrected chi connectivity index (χ1v) is 15.8. The standard InChI is InChI=1S/C29H32BrCl2N3O4S/c1-4-5-17-33-29(37)21(3)34(18-22-11-13-23(30)14-12-22)27(36)19-35(26-8-6-7-25(31)28(26)32)40(38,39)24-15-9-20(2)10-16-24/h6-16,21H,4-5,17-19H2,1-3H3,(H,33,37)/t21-/m1/s1. The molecule has 0 aliphatic rings. The van der Waals surface area contributed by atoms with Crippen molar-refractivity contribution in [2.24, 2.45) is 0 Å². The van der Waals surface area contributed by atoms with Crippen LogP contribution in [0.3, 0.4) is 0 Å².